The Hall–Kier alpha value is -4.01. The van der Waals surface area contributed by atoms with E-state index in [1.807, 2.05) is 35.7 Å². The van der Waals surface area contributed by atoms with Crippen molar-refractivity contribution in [2.24, 2.45) is 7.05 Å². The van der Waals surface area contributed by atoms with Crippen LogP contribution in [0.1, 0.15) is 29.4 Å². The third kappa shape index (κ3) is 3.93. The minimum Gasteiger partial charge on any atom is -0.362 e. The van der Waals surface area contributed by atoms with Crippen LogP contribution in [0.3, 0.4) is 0 Å². The molecular formula is C25H25FN6O2. The molecule has 1 aromatic carbocycles. The summed E-state index contributed by atoms with van der Waals surface area (Å²) in [5.41, 5.74) is 3.85. The molecule has 0 saturated heterocycles. The van der Waals surface area contributed by atoms with Gasteiger partial charge in [-0.15, -0.1) is 0 Å². The summed E-state index contributed by atoms with van der Waals surface area (Å²) in [6, 6.07) is 10.2. The third-order valence-corrected chi connectivity index (χ3v) is 6.54. The summed E-state index contributed by atoms with van der Waals surface area (Å²) in [5.74, 6) is -0.571. The number of anilines is 1. The third-order valence-electron chi connectivity index (χ3n) is 6.54. The Morgan fingerprint density at radius 3 is 2.76 bits per heavy atom. The molecule has 1 atom stereocenters. The van der Waals surface area contributed by atoms with Gasteiger partial charge in [0.05, 0.1) is 30.1 Å². The summed E-state index contributed by atoms with van der Waals surface area (Å²) in [7, 11) is 3.78. The lowest BCUT2D eigenvalue weighted by Gasteiger charge is -2.35. The summed E-state index contributed by atoms with van der Waals surface area (Å²) < 4.78 is 16.7. The number of nitrogens with zero attached hydrogens (tertiary/aromatic N) is 5. The zero-order valence-corrected chi connectivity index (χ0v) is 19.0. The van der Waals surface area contributed by atoms with Gasteiger partial charge in [-0.25, -0.2) is 9.37 Å². The Morgan fingerprint density at radius 2 is 2.00 bits per heavy atom. The normalized spacial score (nSPS) is 15.4. The van der Waals surface area contributed by atoms with E-state index in [0.717, 1.165) is 28.6 Å². The molecule has 1 N–H and O–H groups in total. The van der Waals surface area contributed by atoms with Crippen molar-refractivity contribution in [2.75, 3.05) is 11.9 Å². The Labute approximate surface area is 195 Å². The molecule has 1 unspecified atom stereocenters. The number of fused-ring (bicyclic) bond motifs is 2. The van der Waals surface area contributed by atoms with Crippen LogP contribution in [0.4, 0.5) is 10.1 Å². The number of halogens is 1. The van der Waals surface area contributed by atoms with E-state index in [2.05, 4.69) is 15.3 Å². The number of nitrogens with one attached hydrogen (secondary N) is 1. The molecular weight excluding hydrogens is 435 g/mol. The monoisotopic (exact) mass is 460 g/mol. The van der Waals surface area contributed by atoms with E-state index in [-0.39, 0.29) is 29.9 Å². The number of aryl methyl sites for hydroxylation is 2. The maximum Gasteiger partial charge on any atom is 0.277 e. The fourth-order valence-corrected chi connectivity index (χ4v) is 4.68. The van der Waals surface area contributed by atoms with Gasteiger partial charge < -0.3 is 14.8 Å². The zero-order chi connectivity index (χ0) is 23.8. The maximum absolute atomic E-state index is 13.4. The van der Waals surface area contributed by atoms with Crippen molar-refractivity contribution >= 4 is 22.5 Å². The number of benzene rings is 1. The molecule has 3 aromatic heterocycles. The van der Waals surface area contributed by atoms with Crippen molar-refractivity contribution in [1.82, 2.24) is 24.4 Å². The minimum absolute atomic E-state index is 0.0618. The number of hydrogen-bond acceptors (Lipinski definition) is 5. The van der Waals surface area contributed by atoms with Crippen molar-refractivity contribution < 1.29 is 9.18 Å². The predicted molar refractivity (Wildman–Crippen MR) is 127 cm³/mol. The molecule has 0 spiro atoms. The predicted octanol–water partition coefficient (Wildman–Crippen LogP) is 2.71. The van der Waals surface area contributed by atoms with Crippen LogP contribution in [0.2, 0.25) is 0 Å². The van der Waals surface area contributed by atoms with Crippen LogP contribution >= 0.6 is 0 Å². The van der Waals surface area contributed by atoms with E-state index in [4.69, 9.17) is 0 Å². The van der Waals surface area contributed by atoms with E-state index in [1.165, 1.54) is 23.0 Å². The molecule has 9 heteroatoms. The molecule has 4 aromatic rings. The lowest BCUT2D eigenvalue weighted by atomic mass is 9.95. The highest BCUT2D eigenvalue weighted by atomic mass is 19.1. The Morgan fingerprint density at radius 1 is 1.21 bits per heavy atom. The first-order chi connectivity index (χ1) is 16.4. The number of hydrogen-bond donors (Lipinski definition) is 1. The van der Waals surface area contributed by atoms with Crippen LogP contribution in [-0.4, -0.2) is 32.1 Å². The Bertz CT molecular complexity index is 1430. The van der Waals surface area contributed by atoms with Gasteiger partial charge in [0, 0.05) is 37.6 Å². The molecule has 1 amide bonds. The van der Waals surface area contributed by atoms with Gasteiger partial charge in [0.1, 0.15) is 18.0 Å². The summed E-state index contributed by atoms with van der Waals surface area (Å²) >= 11 is 0. The minimum atomic E-state index is -0.294. The van der Waals surface area contributed by atoms with Gasteiger partial charge in [0.2, 0.25) is 5.91 Å². The van der Waals surface area contributed by atoms with Gasteiger partial charge in [0.15, 0.2) is 0 Å². The van der Waals surface area contributed by atoms with Gasteiger partial charge in [-0.3, -0.25) is 19.1 Å². The van der Waals surface area contributed by atoms with Gasteiger partial charge in [-0.2, -0.15) is 0 Å². The summed E-state index contributed by atoms with van der Waals surface area (Å²) in [4.78, 5) is 36.4. The molecule has 0 radical (unpaired) electrons. The molecule has 1 aliphatic rings. The molecule has 4 heterocycles. The smallest absolute Gasteiger partial charge is 0.277 e. The molecule has 0 saturated carbocycles. The van der Waals surface area contributed by atoms with Crippen molar-refractivity contribution in [2.45, 2.75) is 32.0 Å². The molecule has 8 nitrogen and oxygen atoms in total. The molecule has 0 bridgehead atoms. The van der Waals surface area contributed by atoms with Gasteiger partial charge in [-0.05, 0) is 42.7 Å². The van der Waals surface area contributed by atoms with Gasteiger partial charge >= 0.3 is 0 Å². The SMILES string of the molecule is CN1c2c(ncn(CC(=O)NCc3cc4cnccc4n3C)c2=O)CCC1c1ccc(F)cc1. The Balaban J connectivity index is 1.32. The topological polar surface area (TPSA) is 85.1 Å². The zero-order valence-electron chi connectivity index (χ0n) is 19.0. The van der Waals surface area contributed by atoms with E-state index in [9.17, 15) is 14.0 Å². The van der Waals surface area contributed by atoms with Crippen LogP contribution in [0, 0.1) is 5.82 Å². The molecule has 0 fully saturated rings. The first kappa shape index (κ1) is 21.8. The molecule has 1 aliphatic heterocycles. The highest BCUT2D eigenvalue weighted by molar-refractivity contribution is 5.80. The highest BCUT2D eigenvalue weighted by Crippen LogP contribution is 2.34. The van der Waals surface area contributed by atoms with Crippen molar-refractivity contribution in [3.63, 3.8) is 0 Å². The molecule has 174 valence electrons. The second kappa shape index (κ2) is 8.74. The lowest BCUT2D eigenvalue weighted by molar-refractivity contribution is -0.121. The largest absolute Gasteiger partial charge is 0.362 e. The van der Waals surface area contributed by atoms with E-state index in [1.54, 1.807) is 24.5 Å². The number of pyridine rings is 1. The Kier molecular flexibility index (Phi) is 5.61. The molecule has 5 rings (SSSR count). The number of rotatable bonds is 5. The maximum atomic E-state index is 13.4. The second-order valence-electron chi connectivity index (χ2n) is 8.60. The van der Waals surface area contributed by atoms with Crippen LogP contribution in [0.15, 0.2) is 59.9 Å². The number of aromatic nitrogens is 4. The fraction of sp³-hybridized carbons (Fsp3) is 0.280. The van der Waals surface area contributed by atoms with Crippen molar-refractivity contribution in [3.05, 3.63) is 88.2 Å². The van der Waals surface area contributed by atoms with E-state index in [0.29, 0.717) is 24.3 Å². The number of carbonyl (C=O) groups excluding carboxylic acids is 1. The average Bonchev–Trinajstić information content (AvgIpc) is 3.16. The number of amides is 1. The molecule has 0 aliphatic carbocycles. The highest BCUT2D eigenvalue weighted by Gasteiger charge is 2.29. The van der Waals surface area contributed by atoms with E-state index >= 15 is 0 Å². The summed E-state index contributed by atoms with van der Waals surface area (Å²) in [5, 5.41) is 3.89. The number of carbonyl (C=O) groups is 1. The second-order valence-corrected chi connectivity index (χ2v) is 8.60. The first-order valence-corrected chi connectivity index (χ1v) is 11.1. The van der Waals surface area contributed by atoms with Crippen molar-refractivity contribution in [1.29, 1.82) is 0 Å². The standard InChI is InChI=1S/C25H25FN6O2/c1-30-19(11-17-12-27-10-9-22(17)30)13-28-23(33)14-32-15-29-20-7-8-21(31(2)24(20)25(32)34)16-3-5-18(26)6-4-16/h3-6,9-12,15,21H,7-8,13-14H2,1-2H3,(H,28,33). The summed E-state index contributed by atoms with van der Waals surface area (Å²) in [6.45, 7) is 0.212. The van der Waals surface area contributed by atoms with Gasteiger partial charge in [0.25, 0.3) is 5.56 Å². The van der Waals surface area contributed by atoms with Gasteiger partial charge in [-0.1, -0.05) is 12.1 Å². The van der Waals surface area contributed by atoms with E-state index < -0.39 is 0 Å². The molecule has 34 heavy (non-hydrogen) atoms. The van der Waals surface area contributed by atoms with Crippen LogP contribution in [0.25, 0.3) is 10.9 Å². The van der Waals surface area contributed by atoms with Crippen LogP contribution in [-0.2, 0) is 31.4 Å². The van der Waals surface area contributed by atoms with Crippen molar-refractivity contribution in [3.8, 4) is 0 Å². The average molecular weight is 461 g/mol. The first-order valence-electron chi connectivity index (χ1n) is 11.1. The fourth-order valence-electron chi connectivity index (χ4n) is 4.68. The van der Waals surface area contributed by atoms with Crippen LogP contribution in [0.5, 0.6) is 0 Å². The lowest BCUT2D eigenvalue weighted by Crippen LogP contribution is -2.39. The van der Waals surface area contributed by atoms with Crippen LogP contribution < -0.4 is 15.8 Å². The summed E-state index contributed by atoms with van der Waals surface area (Å²) in [6.07, 6.45) is 6.37. The quantitative estimate of drug-likeness (QED) is 0.495.